The van der Waals surface area contributed by atoms with Crippen molar-refractivity contribution in [3.05, 3.63) is 12.2 Å². The standard InChI is InChI=1S/C20H27NO3/c1-9-10-6-11-14-18-5-3-4-17(2)8-21(14)20(24,16(17)18)7-19(11,15(9)23)13(18)12(10)22/h10-16,22-24H,1,3-8H2,2H3/t10-,11+,12?,13+,14-,15-,16-,17?,18?,19-,20+/m1/s1. The molecule has 0 radical (unpaired) electrons. The summed E-state index contributed by atoms with van der Waals surface area (Å²) < 4.78 is 0. The fraction of sp³-hybridized carbons (Fsp3) is 0.900. The molecule has 24 heavy (non-hydrogen) atoms. The third kappa shape index (κ3) is 0.903. The highest BCUT2D eigenvalue weighted by molar-refractivity contribution is 5.45. The molecule has 3 aliphatic heterocycles. The van der Waals surface area contributed by atoms with Gasteiger partial charge in [-0.15, -0.1) is 0 Å². The average molecular weight is 329 g/mol. The van der Waals surface area contributed by atoms with E-state index in [1.165, 1.54) is 12.8 Å². The van der Waals surface area contributed by atoms with Crippen molar-refractivity contribution in [1.29, 1.82) is 0 Å². The molecule has 0 aromatic rings. The van der Waals surface area contributed by atoms with Crippen molar-refractivity contribution in [3.8, 4) is 0 Å². The molecule has 3 saturated heterocycles. The lowest BCUT2D eigenvalue weighted by atomic mass is 9.39. The minimum atomic E-state index is -0.752. The zero-order valence-electron chi connectivity index (χ0n) is 14.3. The third-order valence-corrected chi connectivity index (χ3v) is 10.4. The van der Waals surface area contributed by atoms with Crippen LogP contribution in [0.15, 0.2) is 12.2 Å². The molecule has 12 atom stereocenters. The van der Waals surface area contributed by atoms with Gasteiger partial charge in [-0.25, -0.2) is 0 Å². The molecular formula is C20H27NO3. The van der Waals surface area contributed by atoms with E-state index in [9.17, 15) is 15.3 Å². The van der Waals surface area contributed by atoms with Gasteiger partial charge in [-0.2, -0.15) is 0 Å². The van der Waals surface area contributed by atoms with Gasteiger partial charge in [0.25, 0.3) is 0 Å². The van der Waals surface area contributed by atoms with Gasteiger partial charge in [0.05, 0.1) is 12.2 Å². The highest BCUT2D eigenvalue weighted by Gasteiger charge is 2.93. The first kappa shape index (κ1) is 13.7. The first-order chi connectivity index (χ1) is 11.3. The lowest BCUT2D eigenvalue weighted by molar-refractivity contribution is -0.272. The predicted molar refractivity (Wildman–Crippen MR) is 86.6 cm³/mol. The normalized spacial score (nSPS) is 76.1. The van der Waals surface area contributed by atoms with Crippen LogP contribution in [0.1, 0.15) is 39.0 Å². The Labute approximate surface area is 142 Å². The maximum atomic E-state index is 11.9. The van der Waals surface area contributed by atoms with E-state index in [-0.39, 0.29) is 40.1 Å². The summed E-state index contributed by atoms with van der Waals surface area (Å²) >= 11 is 0. The smallest absolute Gasteiger partial charge is 0.123 e. The molecule has 4 unspecified atom stereocenters. The number of rotatable bonds is 0. The van der Waals surface area contributed by atoms with Crippen LogP contribution in [0.25, 0.3) is 0 Å². The second-order valence-corrected chi connectivity index (χ2v) is 10.7. The van der Waals surface area contributed by atoms with E-state index in [1.807, 2.05) is 0 Å². The summed E-state index contributed by atoms with van der Waals surface area (Å²) in [5.41, 5.74) is -0.0153. The van der Waals surface area contributed by atoms with E-state index in [4.69, 9.17) is 0 Å². The van der Waals surface area contributed by atoms with Gasteiger partial charge in [-0.3, -0.25) is 4.90 Å². The molecule has 3 heterocycles. The fourth-order valence-electron chi connectivity index (χ4n) is 10.6. The van der Waals surface area contributed by atoms with Gasteiger partial charge >= 0.3 is 0 Å². The second-order valence-electron chi connectivity index (χ2n) is 10.7. The number of hydrogen-bond donors (Lipinski definition) is 3. The number of piperidine rings is 2. The van der Waals surface area contributed by atoms with Crippen molar-refractivity contribution in [2.45, 2.75) is 63.0 Å². The first-order valence-corrected chi connectivity index (χ1v) is 9.86. The molecular weight excluding hydrogens is 302 g/mol. The van der Waals surface area contributed by atoms with Crippen molar-refractivity contribution in [2.75, 3.05) is 6.54 Å². The minimum absolute atomic E-state index is 0.0266. The van der Waals surface area contributed by atoms with Crippen LogP contribution in [0.2, 0.25) is 0 Å². The number of nitrogens with zero attached hydrogens (tertiary/aromatic N) is 1. The molecule has 4 nitrogen and oxygen atoms in total. The van der Waals surface area contributed by atoms with Crippen molar-refractivity contribution in [3.63, 3.8) is 0 Å². The van der Waals surface area contributed by atoms with Gasteiger partial charge in [-0.1, -0.05) is 19.9 Å². The Morgan fingerprint density at radius 1 is 1.21 bits per heavy atom. The molecule has 2 spiro atoms. The van der Waals surface area contributed by atoms with Crippen LogP contribution < -0.4 is 0 Å². The number of hydrogen-bond acceptors (Lipinski definition) is 4. The van der Waals surface area contributed by atoms with Crippen LogP contribution >= 0.6 is 0 Å². The molecule has 0 aromatic carbocycles. The quantitative estimate of drug-likeness (QED) is 0.583. The molecule has 9 aliphatic rings. The van der Waals surface area contributed by atoms with Crippen molar-refractivity contribution in [2.24, 2.45) is 39.9 Å². The molecule has 6 saturated carbocycles. The third-order valence-electron chi connectivity index (χ3n) is 10.4. The monoisotopic (exact) mass is 329 g/mol. The summed E-state index contributed by atoms with van der Waals surface area (Å²) in [6.45, 7) is 7.56. The topological polar surface area (TPSA) is 63.9 Å². The first-order valence-electron chi connectivity index (χ1n) is 9.86. The lowest BCUT2D eigenvalue weighted by Gasteiger charge is -2.67. The fourth-order valence-corrected chi connectivity index (χ4v) is 10.6. The van der Waals surface area contributed by atoms with Gasteiger partial charge in [-0.05, 0) is 48.0 Å². The molecule has 9 rings (SSSR count). The number of aliphatic hydroxyl groups is 3. The summed E-state index contributed by atoms with van der Waals surface area (Å²) in [5.74, 6) is 0.946. The van der Waals surface area contributed by atoms with Crippen LogP contribution in [0.4, 0.5) is 0 Å². The van der Waals surface area contributed by atoms with Crippen LogP contribution in [0.5, 0.6) is 0 Å². The Morgan fingerprint density at radius 2 is 2.00 bits per heavy atom. The molecule has 9 fully saturated rings. The highest BCUT2D eigenvalue weighted by Crippen LogP contribution is 2.88. The molecule has 3 N–H and O–H groups in total. The number of fused-ring (bicyclic) bond motifs is 1. The van der Waals surface area contributed by atoms with E-state index in [0.717, 1.165) is 25.0 Å². The maximum Gasteiger partial charge on any atom is 0.123 e. The summed E-state index contributed by atoms with van der Waals surface area (Å²) in [6, 6.07) is 0.377. The van der Waals surface area contributed by atoms with Crippen LogP contribution in [-0.4, -0.2) is 50.7 Å². The van der Waals surface area contributed by atoms with Crippen LogP contribution in [0.3, 0.4) is 0 Å². The SMILES string of the molecule is C=C1[C@H]2C[C@H]3[C@H]4N5CC6(C)CCCC47[C@@H]6[C@@]5(O)C[C@]3([C@@H]1O)[C@H]7C2O. The Balaban J connectivity index is 1.57. The summed E-state index contributed by atoms with van der Waals surface area (Å²) in [6.07, 6.45) is 4.26. The Kier molecular flexibility index (Phi) is 1.88. The molecule has 130 valence electrons. The maximum absolute atomic E-state index is 11.9. The van der Waals surface area contributed by atoms with Crippen molar-refractivity contribution >= 4 is 0 Å². The van der Waals surface area contributed by atoms with Crippen LogP contribution in [0, 0.1) is 39.9 Å². The molecule has 0 aromatic heterocycles. The molecule has 4 heteroatoms. The average Bonchev–Trinajstić information content (AvgIpc) is 2.88. The van der Waals surface area contributed by atoms with Crippen molar-refractivity contribution < 1.29 is 15.3 Å². The van der Waals surface area contributed by atoms with Gasteiger partial charge in [0, 0.05) is 35.8 Å². The van der Waals surface area contributed by atoms with Gasteiger partial charge < -0.3 is 15.3 Å². The van der Waals surface area contributed by atoms with E-state index in [0.29, 0.717) is 18.4 Å². The van der Waals surface area contributed by atoms with Crippen LogP contribution in [-0.2, 0) is 0 Å². The van der Waals surface area contributed by atoms with E-state index in [2.05, 4.69) is 18.4 Å². The lowest BCUT2D eigenvalue weighted by Crippen LogP contribution is -2.71. The zero-order valence-corrected chi connectivity index (χ0v) is 14.3. The Hall–Kier alpha value is -0.420. The minimum Gasteiger partial charge on any atom is -0.392 e. The van der Waals surface area contributed by atoms with E-state index < -0.39 is 11.8 Å². The summed E-state index contributed by atoms with van der Waals surface area (Å²) in [5, 5.41) is 34.4. The highest BCUT2D eigenvalue weighted by atomic mass is 16.3. The largest absolute Gasteiger partial charge is 0.392 e. The van der Waals surface area contributed by atoms with Gasteiger partial charge in [0.1, 0.15) is 5.72 Å². The van der Waals surface area contributed by atoms with Crippen molar-refractivity contribution in [1.82, 2.24) is 4.90 Å². The van der Waals surface area contributed by atoms with Gasteiger partial charge in [0.15, 0.2) is 0 Å². The Morgan fingerprint density at radius 3 is 2.79 bits per heavy atom. The zero-order chi connectivity index (χ0) is 16.4. The van der Waals surface area contributed by atoms with E-state index in [1.54, 1.807) is 0 Å². The van der Waals surface area contributed by atoms with Gasteiger partial charge in [0.2, 0.25) is 0 Å². The van der Waals surface area contributed by atoms with E-state index >= 15 is 0 Å². The predicted octanol–water partition coefficient (Wildman–Crippen LogP) is 1.11. The molecule has 6 aliphatic carbocycles. The molecule has 0 amide bonds. The second kappa shape index (κ2) is 3.28. The number of aliphatic hydroxyl groups excluding tert-OH is 2. The summed E-state index contributed by atoms with van der Waals surface area (Å²) in [4.78, 5) is 2.45. The summed E-state index contributed by atoms with van der Waals surface area (Å²) in [7, 11) is 0. The molecule has 9 bridgehead atoms. The Bertz CT molecular complexity index is 724.